The van der Waals surface area contributed by atoms with Gasteiger partial charge in [0, 0.05) is 36.8 Å². The summed E-state index contributed by atoms with van der Waals surface area (Å²) in [5.41, 5.74) is 3.74. The summed E-state index contributed by atoms with van der Waals surface area (Å²) in [6.07, 6.45) is 0.930. The fourth-order valence-corrected chi connectivity index (χ4v) is 7.42. The molecule has 0 aliphatic carbocycles. The summed E-state index contributed by atoms with van der Waals surface area (Å²) in [6, 6.07) is 15.3. The van der Waals surface area contributed by atoms with E-state index >= 15 is 0 Å². The van der Waals surface area contributed by atoms with Crippen LogP contribution in [-0.4, -0.2) is 30.4 Å². The van der Waals surface area contributed by atoms with Crippen LogP contribution in [0.4, 0.5) is 0 Å². The molecular formula is C22H22N2O3S2. The van der Waals surface area contributed by atoms with Gasteiger partial charge in [-0.2, -0.15) is 4.31 Å². The van der Waals surface area contributed by atoms with E-state index in [0.717, 1.165) is 28.8 Å². The SMILES string of the molecule is Cc1ccccc1-c1ccc2n(c1=O)C[C@H]1C[C@@H]2CN(S(=O)(=O)c2cccs2)C1. The molecule has 1 saturated heterocycles. The molecule has 1 fully saturated rings. The molecule has 2 aliphatic heterocycles. The Morgan fingerprint density at radius 3 is 2.55 bits per heavy atom. The highest BCUT2D eigenvalue weighted by Crippen LogP contribution is 2.38. The van der Waals surface area contributed by atoms with Gasteiger partial charge in [-0.15, -0.1) is 11.3 Å². The zero-order valence-electron chi connectivity index (χ0n) is 16.1. The largest absolute Gasteiger partial charge is 0.311 e. The van der Waals surface area contributed by atoms with Crippen molar-refractivity contribution in [2.45, 2.75) is 30.0 Å². The third-order valence-corrected chi connectivity index (χ3v) is 9.30. The van der Waals surface area contributed by atoms with Gasteiger partial charge >= 0.3 is 0 Å². The van der Waals surface area contributed by atoms with Crippen LogP contribution >= 0.6 is 11.3 Å². The lowest BCUT2D eigenvalue weighted by Crippen LogP contribution is -2.49. The van der Waals surface area contributed by atoms with Crippen LogP contribution in [0, 0.1) is 12.8 Å². The minimum absolute atomic E-state index is 0.0288. The zero-order valence-corrected chi connectivity index (χ0v) is 17.7. The van der Waals surface area contributed by atoms with Crippen LogP contribution in [0.5, 0.6) is 0 Å². The molecule has 2 aromatic heterocycles. The highest BCUT2D eigenvalue weighted by molar-refractivity contribution is 7.91. The molecule has 150 valence electrons. The number of pyridine rings is 1. The van der Waals surface area contributed by atoms with Gasteiger partial charge in [0.05, 0.1) is 0 Å². The lowest BCUT2D eigenvalue weighted by Gasteiger charge is -2.42. The monoisotopic (exact) mass is 426 g/mol. The first-order valence-corrected chi connectivity index (χ1v) is 12.1. The number of hydrogen-bond acceptors (Lipinski definition) is 4. The van der Waals surface area contributed by atoms with Crippen LogP contribution in [-0.2, 0) is 16.6 Å². The van der Waals surface area contributed by atoms with Gasteiger partial charge in [0.2, 0.25) is 0 Å². The van der Waals surface area contributed by atoms with Crippen molar-refractivity contribution in [1.82, 2.24) is 8.87 Å². The van der Waals surface area contributed by atoms with Crippen LogP contribution in [0.25, 0.3) is 11.1 Å². The van der Waals surface area contributed by atoms with Crippen LogP contribution in [0.1, 0.15) is 23.6 Å². The van der Waals surface area contributed by atoms with Crippen molar-refractivity contribution in [3.05, 3.63) is 75.5 Å². The van der Waals surface area contributed by atoms with E-state index in [1.807, 2.05) is 47.9 Å². The van der Waals surface area contributed by atoms with Gasteiger partial charge in [-0.25, -0.2) is 8.42 Å². The average Bonchev–Trinajstić information content (AvgIpc) is 3.25. The molecule has 3 aromatic rings. The maximum absolute atomic E-state index is 13.3. The minimum Gasteiger partial charge on any atom is -0.311 e. The Balaban J connectivity index is 1.53. The van der Waals surface area contributed by atoms with Crippen LogP contribution in [0.15, 0.2) is 62.9 Å². The summed E-state index contributed by atoms with van der Waals surface area (Å²) >= 11 is 1.26. The number of hydrogen-bond donors (Lipinski definition) is 0. The Morgan fingerprint density at radius 1 is 0.966 bits per heavy atom. The molecule has 2 atom stereocenters. The number of nitrogens with zero attached hydrogens (tertiary/aromatic N) is 2. The number of aryl methyl sites for hydroxylation is 1. The summed E-state index contributed by atoms with van der Waals surface area (Å²) in [4.78, 5) is 13.3. The van der Waals surface area contributed by atoms with Crippen LogP contribution in [0.3, 0.4) is 0 Å². The first kappa shape index (κ1) is 18.8. The highest BCUT2D eigenvalue weighted by Gasteiger charge is 2.40. The molecule has 4 heterocycles. The Kier molecular flexibility index (Phi) is 4.49. The van der Waals surface area contributed by atoms with Crippen molar-refractivity contribution < 1.29 is 8.42 Å². The predicted octanol–water partition coefficient (Wildman–Crippen LogP) is 3.69. The summed E-state index contributed by atoms with van der Waals surface area (Å²) in [5.74, 6) is 0.205. The van der Waals surface area contributed by atoms with Crippen molar-refractivity contribution in [2.24, 2.45) is 5.92 Å². The van der Waals surface area contributed by atoms with Gasteiger partial charge in [0.25, 0.3) is 15.6 Å². The van der Waals surface area contributed by atoms with E-state index in [1.54, 1.807) is 21.8 Å². The predicted molar refractivity (Wildman–Crippen MR) is 115 cm³/mol. The second kappa shape index (κ2) is 6.93. The van der Waals surface area contributed by atoms with Crippen molar-refractivity contribution in [1.29, 1.82) is 0 Å². The molecule has 0 spiro atoms. The lowest BCUT2D eigenvalue weighted by molar-refractivity contribution is 0.186. The second-order valence-corrected chi connectivity index (χ2v) is 11.1. The van der Waals surface area contributed by atoms with Crippen molar-refractivity contribution >= 4 is 21.4 Å². The molecule has 0 amide bonds. The molecule has 7 heteroatoms. The summed E-state index contributed by atoms with van der Waals surface area (Å²) < 4.78 is 29.9. The number of benzene rings is 1. The molecule has 5 nitrogen and oxygen atoms in total. The minimum atomic E-state index is -3.47. The maximum Gasteiger partial charge on any atom is 0.258 e. The van der Waals surface area contributed by atoms with E-state index < -0.39 is 10.0 Å². The molecule has 2 bridgehead atoms. The standard InChI is InChI=1S/C22H22N2O3S2/c1-15-5-2-3-6-18(15)19-8-9-20-17-11-16(13-24(20)22(19)25)12-23(14-17)29(26,27)21-7-4-10-28-21/h2-10,16-17H,11-14H2,1H3/t16-,17+/m0/s1. The number of rotatable bonds is 3. The van der Waals surface area contributed by atoms with E-state index in [0.29, 0.717) is 23.8 Å². The van der Waals surface area contributed by atoms with E-state index in [-0.39, 0.29) is 17.4 Å². The van der Waals surface area contributed by atoms with Gasteiger partial charge in [-0.05, 0) is 54.0 Å². The van der Waals surface area contributed by atoms with Crippen molar-refractivity contribution in [2.75, 3.05) is 13.1 Å². The number of piperidine rings is 1. The van der Waals surface area contributed by atoms with Crippen molar-refractivity contribution in [3.8, 4) is 11.1 Å². The van der Waals surface area contributed by atoms with Crippen molar-refractivity contribution in [3.63, 3.8) is 0 Å². The van der Waals surface area contributed by atoms with Crippen LogP contribution < -0.4 is 5.56 Å². The molecule has 0 saturated carbocycles. The molecule has 5 rings (SSSR count). The molecule has 0 radical (unpaired) electrons. The Hall–Kier alpha value is -2.22. The Bertz CT molecular complexity index is 1230. The topological polar surface area (TPSA) is 59.4 Å². The second-order valence-electron chi connectivity index (χ2n) is 7.96. The summed E-state index contributed by atoms with van der Waals surface area (Å²) in [6.45, 7) is 3.48. The molecule has 0 N–H and O–H groups in total. The number of sulfonamides is 1. The number of aromatic nitrogens is 1. The third-order valence-electron chi connectivity index (χ3n) is 6.10. The first-order valence-electron chi connectivity index (χ1n) is 9.78. The number of thiophene rings is 1. The van der Waals surface area contributed by atoms with Gasteiger partial charge in [-0.3, -0.25) is 4.79 Å². The van der Waals surface area contributed by atoms with Gasteiger partial charge in [0.1, 0.15) is 4.21 Å². The van der Waals surface area contributed by atoms with E-state index in [9.17, 15) is 13.2 Å². The fourth-order valence-electron chi connectivity index (χ4n) is 4.72. The molecule has 29 heavy (non-hydrogen) atoms. The quantitative estimate of drug-likeness (QED) is 0.642. The summed E-state index contributed by atoms with van der Waals surface area (Å²) in [7, 11) is -3.47. The Morgan fingerprint density at radius 2 is 1.79 bits per heavy atom. The molecule has 0 unspecified atom stereocenters. The highest BCUT2D eigenvalue weighted by atomic mass is 32.2. The van der Waals surface area contributed by atoms with Crippen LogP contribution in [0.2, 0.25) is 0 Å². The van der Waals surface area contributed by atoms with E-state index in [4.69, 9.17) is 0 Å². The maximum atomic E-state index is 13.3. The fraction of sp³-hybridized carbons (Fsp3) is 0.318. The van der Waals surface area contributed by atoms with Gasteiger partial charge < -0.3 is 4.57 Å². The number of fused-ring (bicyclic) bond motifs is 4. The summed E-state index contributed by atoms with van der Waals surface area (Å²) in [5, 5.41) is 1.79. The average molecular weight is 427 g/mol. The van der Waals surface area contributed by atoms with E-state index in [2.05, 4.69) is 0 Å². The molecule has 1 aromatic carbocycles. The molecular weight excluding hydrogens is 404 g/mol. The normalized spacial score (nSPS) is 21.7. The smallest absolute Gasteiger partial charge is 0.258 e. The third kappa shape index (κ3) is 3.08. The van der Waals surface area contributed by atoms with Gasteiger partial charge in [-0.1, -0.05) is 30.3 Å². The first-order chi connectivity index (χ1) is 13.9. The van der Waals surface area contributed by atoms with E-state index in [1.165, 1.54) is 11.3 Å². The lowest BCUT2D eigenvalue weighted by atomic mass is 9.83. The van der Waals surface area contributed by atoms with Gasteiger partial charge in [0.15, 0.2) is 0 Å². The zero-order chi connectivity index (χ0) is 20.2. The molecule has 2 aliphatic rings. The Labute approximate surface area is 174 Å².